The summed E-state index contributed by atoms with van der Waals surface area (Å²) in [6.45, 7) is 5.80. The van der Waals surface area contributed by atoms with Crippen LogP contribution in [-0.2, 0) is 9.47 Å². The van der Waals surface area contributed by atoms with Gasteiger partial charge in [0.1, 0.15) is 0 Å². The number of carbonyl (C=O) groups excluding carboxylic acids is 2. The van der Waals surface area contributed by atoms with Gasteiger partial charge in [0.15, 0.2) is 0 Å². The van der Waals surface area contributed by atoms with Crippen molar-refractivity contribution in [2.75, 3.05) is 26.0 Å². The zero-order valence-corrected chi connectivity index (χ0v) is 14.7. The average Bonchev–Trinajstić information content (AvgIpc) is 2.37. The second-order valence-corrected chi connectivity index (χ2v) is 16.8. The maximum atomic E-state index is 12.3. The summed E-state index contributed by atoms with van der Waals surface area (Å²) in [4.78, 5) is 24.5. The van der Waals surface area contributed by atoms with Gasteiger partial charge in [-0.25, -0.2) is 0 Å². The van der Waals surface area contributed by atoms with Crippen molar-refractivity contribution in [2.45, 2.75) is 33.1 Å². The van der Waals surface area contributed by atoms with Crippen molar-refractivity contribution in [3.63, 3.8) is 0 Å². The molecule has 110 valence electrons. The molecule has 19 heavy (non-hydrogen) atoms. The second kappa shape index (κ2) is 8.01. The van der Waals surface area contributed by atoms with Gasteiger partial charge in [-0.05, 0) is 0 Å². The third-order valence-corrected chi connectivity index (χ3v) is 9.93. The molecule has 0 aromatic carbocycles. The van der Waals surface area contributed by atoms with Crippen molar-refractivity contribution in [1.29, 1.82) is 5.26 Å². The average molecular weight is 401 g/mol. The van der Waals surface area contributed by atoms with E-state index in [1.54, 1.807) is 13.6 Å². The Morgan fingerprint density at radius 1 is 1.26 bits per heavy atom. The molecule has 0 atom stereocenters. The van der Waals surface area contributed by atoms with Crippen LogP contribution in [-0.4, -0.2) is 37.5 Å². The molecule has 0 aromatic heterocycles. The van der Waals surface area contributed by atoms with Crippen molar-refractivity contribution in [3.05, 3.63) is 0 Å². The summed E-state index contributed by atoms with van der Waals surface area (Å²) < 4.78 is 6.75. The van der Waals surface area contributed by atoms with Gasteiger partial charge in [0.2, 0.25) is 0 Å². The molecule has 0 heterocycles. The van der Waals surface area contributed by atoms with E-state index in [1.165, 1.54) is 0 Å². The predicted molar refractivity (Wildman–Crippen MR) is 85.2 cm³/mol. The van der Waals surface area contributed by atoms with Crippen LogP contribution in [0, 0.1) is 11.3 Å². The number of nitrogens with zero attached hydrogens (tertiary/aromatic N) is 1. The summed E-state index contributed by atoms with van der Waals surface area (Å²) in [5.41, 5.74) is -1.03. The molecule has 7 heteroatoms. The van der Waals surface area contributed by atoms with E-state index in [4.69, 9.17) is 14.7 Å². The first-order valence-corrected chi connectivity index (χ1v) is 11.9. The Bertz CT molecular complexity index is 378. The van der Waals surface area contributed by atoms with E-state index >= 15 is 0 Å². The van der Waals surface area contributed by atoms with Crippen molar-refractivity contribution in [3.8, 4) is 6.07 Å². The van der Waals surface area contributed by atoms with Gasteiger partial charge in [-0.2, -0.15) is 0 Å². The third kappa shape index (κ3) is 4.88. The fourth-order valence-electron chi connectivity index (χ4n) is 1.33. The van der Waals surface area contributed by atoms with Gasteiger partial charge < -0.3 is 0 Å². The minimum absolute atomic E-state index is 0.138. The molecule has 5 nitrogen and oxygen atoms in total. The molecule has 0 N–H and O–H groups in total. The number of hydrogen-bond acceptors (Lipinski definition) is 5. The van der Waals surface area contributed by atoms with Gasteiger partial charge in [-0.15, -0.1) is 0 Å². The monoisotopic (exact) mass is 401 g/mol. The van der Waals surface area contributed by atoms with Crippen LogP contribution in [0.4, 0.5) is 9.59 Å². The van der Waals surface area contributed by atoms with E-state index in [0.29, 0.717) is 6.61 Å². The summed E-state index contributed by atoms with van der Waals surface area (Å²) in [6.07, 6.45) is 2.01. The third-order valence-electron chi connectivity index (χ3n) is 2.69. The van der Waals surface area contributed by atoms with E-state index in [0.717, 1.165) is 12.8 Å². The predicted octanol–water partition coefficient (Wildman–Crippen LogP) is 4.53. The van der Waals surface area contributed by atoms with E-state index in [-0.39, 0.29) is 19.2 Å². The topological polar surface area (TPSA) is 76.4 Å². The molecule has 0 fully saturated rings. The van der Waals surface area contributed by atoms with Crippen molar-refractivity contribution in [2.24, 2.45) is 0 Å². The molecular weight excluding hydrogens is 380 g/mol. The fourth-order valence-corrected chi connectivity index (χ4v) is 4.93. The van der Waals surface area contributed by atoms with E-state index in [2.05, 4.69) is 0 Å². The van der Waals surface area contributed by atoms with Crippen molar-refractivity contribution >= 4 is 37.7 Å². The Morgan fingerprint density at radius 2 is 1.84 bits per heavy atom. The molecule has 0 aliphatic rings. The minimum atomic E-state index is -3.51. The molecular formula is C12H21INO4P. The van der Waals surface area contributed by atoms with E-state index in [1.807, 2.05) is 35.0 Å². The molecule has 0 rings (SSSR count). The SMILES string of the molecule is CCCCOC(=O)P(C)(I)(CCC#N)C(=O)OCC. The molecule has 0 amide bonds. The first-order chi connectivity index (χ1) is 8.82. The number of rotatable bonds is 8. The van der Waals surface area contributed by atoms with Gasteiger partial charge in [0.05, 0.1) is 0 Å². The molecule has 0 aliphatic carbocycles. The summed E-state index contributed by atoms with van der Waals surface area (Å²) >= 11 is 1.89. The van der Waals surface area contributed by atoms with Crippen molar-refractivity contribution < 1.29 is 19.1 Å². The zero-order chi connectivity index (χ0) is 15.0. The first-order valence-electron chi connectivity index (χ1n) is 6.26. The Labute approximate surface area is 127 Å². The Hall–Kier alpha value is -0.410. The quantitative estimate of drug-likeness (QED) is 0.340. The molecule has 0 spiro atoms. The van der Waals surface area contributed by atoms with Gasteiger partial charge in [0, 0.05) is 0 Å². The Morgan fingerprint density at radius 3 is 2.32 bits per heavy atom. The number of nitriles is 1. The van der Waals surface area contributed by atoms with E-state index in [9.17, 15) is 9.59 Å². The molecule has 0 saturated carbocycles. The second-order valence-electron chi connectivity index (χ2n) is 4.45. The summed E-state index contributed by atoms with van der Waals surface area (Å²) in [6, 6.07) is 1.98. The molecule has 0 unspecified atom stereocenters. The van der Waals surface area contributed by atoms with Crippen LogP contribution < -0.4 is 0 Å². The van der Waals surface area contributed by atoms with Gasteiger partial charge >= 0.3 is 127 Å². The zero-order valence-electron chi connectivity index (χ0n) is 11.6. The van der Waals surface area contributed by atoms with Crippen LogP contribution in [0.1, 0.15) is 33.1 Å². The van der Waals surface area contributed by atoms with Crippen LogP contribution in [0.5, 0.6) is 0 Å². The first kappa shape index (κ1) is 18.6. The van der Waals surface area contributed by atoms with Gasteiger partial charge in [-0.1, -0.05) is 0 Å². The van der Waals surface area contributed by atoms with Gasteiger partial charge in [0.25, 0.3) is 0 Å². The molecule has 0 bridgehead atoms. The fraction of sp³-hybridized carbons (Fsp3) is 0.750. The summed E-state index contributed by atoms with van der Waals surface area (Å²) in [5, 5.41) is 8.71. The number of unbranched alkanes of at least 4 members (excludes halogenated alkanes) is 1. The summed E-state index contributed by atoms with van der Waals surface area (Å²) in [7, 11) is 0. The van der Waals surface area contributed by atoms with Crippen LogP contribution in [0.2, 0.25) is 0 Å². The maximum absolute atomic E-state index is 12.3. The standard InChI is InChI=1S/C12H21INO4P/c1-4-6-9-18-12(16)19(3,13,10-7-8-14)11(15)17-5-2/h4-7,9-10H2,1-3H3. The van der Waals surface area contributed by atoms with Gasteiger partial charge in [-0.3, -0.25) is 0 Å². The Kier molecular flexibility index (Phi) is 7.83. The van der Waals surface area contributed by atoms with Crippen LogP contribution >= 0.6 is 26.3 Å². The normalized spacial score (nSPS) is 12.9. The summed E-state index contributed by atoms with van der Waals surface area (Å²) in [5.74, 6) is 0. The number of hydrogen-bond donors (Lipinski definition) is 0. The number of ether oxygens (including phenoxy) is 2. The number of halogens is 1. The van der Waals surface area contributed by atoms with Crippen molar-refractivity contribution in [1.82, 2.24) is 0 Å². The van der Waals surface area contributed by atoms with Crippen LogP contribution in [0.25, 0.3) is 0 Å². The molecule has 0 aliphatic heterocycles. The van der Waals surface area contributed by atoms with Crippen LogP contribution in [0.3, 0.4) is 0 Å². The molecule has 0 radical (unpaired) electrons. The Balaban J connectivity index is 5.09. The van der Waals surface area contributed by atoms with E-state index < -0.39 is 15.7 Å². The molecule has 0 aromatic rings. The number of carbonyl (C=O) groups is 2. The molecule has 0 saturated heterocycles. The van der Waals surface area contributed by atoms with Crippen LogP contribution in [0.15, 0.2) is 0 Å².